The van der Waals surface area contributed by atoms with Crippen molar-refractivity contribution in [1.29, 1.82) is 0 Å². The number of anilines is 2. The van der Waals surface area contributed by atoms with Gasteiger partial charge in [-0.15, -0.1) is 11.8 Å². The van der Waals surface area contributed by atoms with Crippen LogP contribution < -0.4 is 15.4 Å². The van der Waals surface area contributed by atoms with Crippen LogP contribution in [0, 0.1) is 6.92 Å². The Morgan fingerprint density at radius 2 is 1.76 bits per heavy atom. The molecule has 25 heavy (non-hydrogen) atoms. The van der Waals surface area contributed by atoms with Crippen molar-refractivity contribution in [3.63, 3.8) is 0 Å². The molecule has 0 aliphatic rings. The Labute approximate surface area is 152 Å². The van der Waals surface area contributed by atoms with E-state index < -0.39 is 0 Å². The van der Waals surface area contributed by atoms with E-state index in [0.717, 1.165) is 11.3 Å². The summed E-state index contributed by atoms with van der Waals surface area (Å²) in [7, 11) is 1.55. The van der Waals surface area contributed by atoms with E-state index in [-0.39, 0.29) is 22.8 Å². The van der Waals surface area contributed by atoms with Crippen LogP contribution in [0.25, 0.3) is 0 Å². The third kappa shape index (κ3) is 5.83. The fourth-order valence-corrected chi connectivity index (χ4v) is 2.78. The number of aryl methyl sites for hydroxylation is 1. The van der Waals surface area contributed by atoms with Gasteiger partial charge in [0.1, 0.15) is 5.75 Å². The summed E-state index contributed by atoms with van der Waals surface area (Å²) in [6.45, 7) is 3.76. The standard InChI is InChI=1S/C19H22N2O3S/c1-13-8-10-15(11-9-13)20-18(22)12-25-14(2)19(23)21-16-6-4-5-7-17(16)24-3/h4-11,14H,12H2,1-3H3,(H,20,22)(H,21,23)/t14-/m0/s1. The highest BCUT2D eigenvalue weighted by molar-refractivity contribution is 8.01. The number of para-hydroxylation sites is 2. The van der Waals surface area contributed by atoms with Crippen molar-refractivity contribution in [3.8, 4) is 5.75 Å². The summed E-state index contributed by atoms with van der Waals surface area (Å²) in [5.74, 6) is 0.502. The Hall–Kier alpha value is -2.47. The van der Waals surface area contributed by atoms with Gasteiger partial charge in [-0.3, -0.25) is 9.59 Å². The molecule has 0 saturated carbocycles. The normalized spacial score (nSPS) is 11.5. The second-order valence-electron chi connectivity index (χ2n) is 5.56. The third-order valence-electron chi connectivity index (χ3n) is 3.53. The van der Waals surface area contributed by atoms with Crippen LogP contribution in [-0.2, 0) is 9.59 Å². The van der Waals surface area contributed by atoms with Crippen molar-refractivity contribution < 1.29 is 14.3 Å². The van der Waals surface area contributed by atoms with Gasteiger partial charge in [-0.05, 0) is 38.1 Å². The van der Waals surface area contributed by atoms with Crippen molar-refractivity contribution in [2.75, 3.05) is 23.5 Å². The predicted molar refractivity (Wildman–Crippen MR) is 103 cm³/mol. The molecule has 0 spiro atoms. The van der Waals surface area contributed by atoms with Gasteiger partial charge in [0.05, 0.1) is 23.8 Å². The zero-order chi connectivity index (χ0) is 18.2. The van der Waals surface area contributed by atoms with Crippen LogP contribution in [0.3, 0.4) is 0 Å². The first-order chi connectivity index (χ1) is 12.0. The molecule has 132 valence electrons. The summed E-state index contributed by atoms with van der Waals surface area (Å²) in [6, 6.07) is 14.8. The largest absolute Gasteiger partial charge is 0.495 e. The summed E-state index contributed by atoms with van der Waals surface area (Å²) in [5.41, 5.74) is 2.50. The molecule has 5 nitrogen and oxygen atoms in total. The molecule has 0 saturated heterocycles. The molecule has 0 unspecified atom stereocenters. The van der Waals surface area contributed by atoms with Gasteiger partial charge in [0, 0.05) is 5.69 Å². The summed E-state index contributed by atoms with van der Waals surface area (Å²) in [4.78, 5) is 24.3. The van der Waals surface area contributed by atoms with Crippen molar-refractivity contribution >= 4 is 35.0 Å². The molecule has 0 heterocycles. The van der Waals surface area contributed by atoms with Crippen molar-refractivity contribution in [3.05, 3.63) is 54.1 Å². The molecule has 0 aromatic heterocycles. The number of amides is 2. The van der Waals surface area contributed by atoms with Crippen molar-refractivity contribution in [2.45, 2.75) is 19.1 Å². The van der Waals surface area contributed by atoms with E-state index in [1.807, 2.05) is 43.3 Å². The molecule has 0 aliphatic heterocycles. The highest BCUT2D eigenvalue weighted by Gasteiger charge is 2.16. The van der Waals surface area contributed by atoms with Crippen molar-refractivity contribution in [1.82, 2.24) is 0 Å². The van der Waals surface area contributed by atoms with Gasteiger partial charge in [0.25, 0.3) is 0 Å². The number of carbonyl (C=O) groups is 2. The molecule has 1 atom stereocenters. The Kier molecular flexibility index (Phi) is 6.89. The Balaban J connectivity index is 1.82. The molecule has 6 heteroatoms. The number of rotatable bonds is 7. The summed E-state index contributed by atoms with van der Waals surface area (Å²) < 4.78 is 5.21. The Bertz CT molecular complexity index is 732. The minimum atomic E-state index is -0.367. The number of hydrogen-bond acceptors (Lipinski definition) is 4. The molecule has 2 aromatic carbocycles. The smallest absolute Gasteiger partial charge is 0.237 e. The molecular formula is C19H22N2O3S. The third-order valence-corrected chi connectivity index (χ3v) is 4.68. The lowest BCUT2D eigenvalue weighted by molar-refractivity contribution is -0.115. The van der Waals surface area contributed by atoms with Crippen LogP contribution in [0.5, 0.6) is 5.75 Å². The highest BCUT2D eigenvalue weighted by atomic mass is 32.2. The summed E-state index contributed by atoms with van der Waals surface area (Å²) >= 11 is 1.28. The number of nitrogens with one attached hydrogen (secondary N) is 2. The molecule has 2 amide bonds. The van der Waals surface area contributed by atoms with E-state index >= 15 is 0 Å². The zero-order valence-corrected chi connectivity index (χ0v) is 15.4. The molecule has 0 fully saturated rings. The first-order valence-corrected chi connectivity index (χ1v) is 8.96. The molecule has 2 aromatic rings. The van der Waals surface area contributed by atoms with Gasteiger partial charge < -0.3 is 15.4 Å². The predicted octanol–water partition coefficient (Wildman–Crippen LogP) is 3.70. The average Bonchev–Trinajstić information content (AvgIpc) is 2.62. The second-order valence-corrected chi connectivity index (χ2v) is 6.89. The quantitative estimate of drug-likeness (QED) is 0.792. The summed E-state index contributed by atoms with van der Waals surface area (Å²) in [6.07, 6.45) is 0. The SMILES string of the molecule is COc1ccccc1NC(=O)[C@H](C)SCC(=O)Nc1ccc(C)cc1. The number of hydrogen-bond donors (Lipinski definition) is 2. The number of methoxy groups -OCH3 is 1. The molecule has 0 radical (unpaired) electrons. The van der Waals surface area contributed by atoms with Crippen LogP contribution in [-0.4, -0.2) is 29.9 Å². The van der Waals surface area contributed by atoms with Gasteiger partial charge in [0.2, 0.25) is 11.8 Å². The minimum absolute atomic E-state index is 0.134. The second kappa shape index (κ2) is 9.13. The average molecular weight is 358 g/mol. The van der Waals surface area contributed by atoms with E-state index in [9.17, 15) is 9.59 Å². The van der Waals surface area contributed by atoms with Gasteiger partial charge >= 0.3 is 0 Å². The lowest BCUT2D eigenvalue weighted by Crippen LogP contribution is -2.25. The lowest BCUT2D eigenvalue weighted by Gasteiger charge is -2.14. The zero-order valence-electron chi connectivity index (χ0n) is 14.5. The van der Waals surface area contributed by atoms with Gasteiger partial charge in [0.15, 0.2) is 0 Å². The number of ether oxygens (including phenoxy) is 1. The van der Waals surface area contributed by atoms with E-state index in [4.69, 9.17) is 4.74 Å². The first-order valence-electron chi connectivity index (χ1n) is 7.91. The number of benzene rings is 2. The number of thioether (sulfide) groups is 1. The maximum absolute atomic E-state index is 12.3. The van der Waals surface area contributed by atoms with Gasteiger partial charge in [-0.25, -0.2) is 0 Å². The minimum Gasteiger partial charge on any atom is -0.495 e. The summed E-state index contributed by atoms with van der Waals surface area (Å²) in [5, 5.41) is 5.28. The van der Waals surface area contributed by atoms with E-state index in [2.05, 4.69) is 10.6 Å². The Morgan fingerprint density at radius 3 is 2.44 bits per heavy atom. The fraction of sp³-hybridized carbons (Fsp3) is 0.263. The van der Waals surface area contributed by atoms with Gasteiger partial charge in [-0.1, -0.05) is 29.8 Å². The maximum Gasteiger partial charge on any atom is 0.237 e. The maximum atomic E-state index is 12.3. The lowest BCUT2D eigenvalue weighted by atomic mass is 10.2. The Morgan fingerprint density at radius 1 is 1.08 bits per heavy atom. The van der Waals surface area contributed by atoms with E-state index in [1.54, 1.807) is 26.2 Å². The van der Waals surface area contributed by atoms with E-state index in [0.29, 0.717) is 11.4 Å². The van der Waals surface area contributed by atoms with Crippen LogP contribution in [0.2, 0.25) is 0 Å². The van der Waals surface area contributed by atoms with E-state index in [1.165, 1.54) is 11.8 Å². The van der Waals surface area contributed by atoms with Crippen LogP contribution >= 0.6 is 11.8 Å². The molecule has 0 aliphatic carbocycles. The fourth-order valence-electron chi connectivity index (χ4n) is 2.09. The molecular weight excluding hydrogens is 336 g/mol. The van der Waals surface area contributed by atoms with Crippen LogP contribution in [0.15, 0.2) is 48.5 Å². The van der Waals surface area contributed by atoms with Crippen LogP contribution in [0.4, 0.5) is 11.4 Å². The molecule has 0 bridgehead atoms. The highest BCUT2D eigenvalue weighted by Crippen LogP contribution is 2.24. The molecule has 2 rings (SSSR count). The van der Waals surface area contributed by atoms with Gasteiger partial charge in [-0.2, -0.15) is 0 Å². The molecule has 2 N–H and O–H groups in total. The topological polar surface area (TPSA) is 67.4 Å². The van der Waals surface area contributed by atoms with Crippen molar-refractivity contribution in [2.24, 2.45) is 0 Å². The number of carbonyl (C=O) groups excluding carboxylic acids is 2. The van der Waals surface area contributed by atoms with Crippen LogP contribution in [0.1, 0.15) is 12.5 Å². The first kappa shape index (κ1) is 18.9. The monoisotopic (exact) mass is 358 g/mol.